The van der Waals surface area contributed by atoms with Crippen molar-refractivity contribution in [2.45, 2.75) is 63.4 Å². The number of benzene rings is 1. The van der Waals surface area contributed by atoms with Crippen molar-refractivity contribution in [3.63, 3.8) is 0 Å². The molecule has 7 nitrogen and oxygen atoms in total. The number of fused-ring (bicyclic) bond motifs is 1. The summed E-state index contributed by atoms with van der Waals surface area (Å²) in [7, 11) is 0. The highest BCUT2D eigenvalue weighted by molar-refractivity contribution is 6.31. The number of rotatable bonds is 4. The lowest BCUT2D eigenvalue weighted by Crippen LogP contribution is -2.38. The Kier molecular flexibility index (Phi) is 6.03. The van der Waals surface area contributed by atoms with E-state index in [1.807, 2.05) is 6.07 Å². The van der Waals surface area contributed by atoms with Crippen LogP contribution in [0.4, 0.5) is 0 Å². The fraction of sp³-hybridized carbons (Fsp3) is 0.345. The molecule has 1 aliphatic heterocycles. The lowest BCUT2D eigenvalue weighted by atomic mass is 9.72. The van der Waals surface area contributed by atoms with E-state index in [2.05, 4.69) is 5.32 Å². The first-order chi connectivity index (χ1) is 17.9. The Morgan fingerprint density at radius 1 is 1.11 bits per heavy atom. The van der Waals surface area contributed by atoms with Crippen LogP contribution in [0.3, 0.4) is 0 Å². The van der Waals surface area contributed by atoms with Crippen molar-refractivity contribution in [2.24, 2.45) is 0 Å². The molecule has 0 unspecified atom stereocenters. The molecule has 0 radical (unpaired) electrons. The summed E-state index contributed by atoms with van der Waals surface area (Å²) in [4.78, 5) is 41.1. The van der Waals surface area contributed by atoms with Gasteiger partial charge < -0.3 is 18.9 Å². The van der Waals surface area contributed by atoms with Gasteiger partial charge in [-0.2, -0.15) is 0 Å². The molecule has 6 rings (SSSR count). The summed E-state index contributed by atoms with van der Waals surface area (Å²) in [6, 6.07) is 8.48. The number of Topliss-reactive ketones (excluding diaryl/α,β-unsaturated/α-hetero) is 1. The molecule has 2 atom stereocenters. The molecule has 0 saturated heterocycles. The van der Waals surface area contributed by atoms with E-state index in [-0.39, 0.29) is 40.8 Å². The zero-order valence-electron chi connectivity index (χ0n) is 20.3. The van der Waals surface area contributed by atoms with Gasteiger partial charge >= 0.3 is 5.97 Å². The molecule has 1 fully saturated rings. The van der Waals surface area contributed by atoms with Crippen molar-refractivity contribution >= 4 is 34.3 Å². The molecule has 1 aromatic carbocycles. The Balaban J connectivity index is 1.49. The van der Waals surface area contributed by atoms with E-state index < -0.39 is 11.9 Å². The topological polar surface area (TPSA) is 98.8 Å². The van der Waals surface area contributed by atoms with Gasteiger partial charge in [-0.05, 0) is 69.4 Å². The van der Waals surface area contributed by atoms with Crippen molar-refractivity contribution in [1.29, 1.82) is 0 Å². The van der Waals surface area contributed by atoms with Crippen LogP contribution in [-0.2, 0) is 14.3 Å². The van der Waals surface area contributed by atoms with Crippen LogP contribution in [0, 0.1) is 0 Å². The minimum absolute atomic E-state index is 0.138. The number of allylic oxidation sites excluding steroid dienone is 3. The molecule has 190 valence electrons. The summed E-state index contributed by atoms with van der Waals surface area (Å²) in [6.07, 6.45) is 7.15. The van der Waals surface area contributed by atoms with Crippen LogP contribution in [0.1, 0.15) is 68.6 Å². The van der Waals surface area contributed by atoms with Gasteiger partial charge in [0.25, 0.3) is 0 Å². The third-order valence-electron chi connectivity index (χ3n) is 7.64. The molecule has 2 aromatic heterocycles. The Morgan fingerprint density at radius 2 is 1.92 bits per heavy atom. The van der Waals surface area contributed by atoms with E-state index in [1.165, 1.54) is 6.26 Å². The molecule has 0 spiro atoms. The number of carbonyl (C=O) groups is 2. The molecular weight excluding hydrogens is 494 g/mol. The van der Waals surface area contributed by atoms with Gasteiger partial charge in [0, 0.05) is 39.9 Å². The maximum Gasteiger partial charge on any atom is 0.337 e. The highest BCUT2D eigenvalue weighted by Gasteiger charge is 2.43. The number of halogens is 1. The van der Waals surface area contributed by atoms with E-state index in [1.54, 1.807) is 37.5 Å². The van der Waals surface area contributed by atoms with E-state index in [4.69, 9.17) is 25.2 Å². The van der Waals surface area contributed by atoms with Crippen molar-refractivity contribution in [3.05, 3.63) is 92.0 Å². The normalized spacial score (nSPS) is 22.4. The zero-order valence-corrected chi connectivity index (χ0v) is 21.1. The van der Waals surface area contributed by atoms with E-state index in [0.717, 1.165) is 31.4 Å². The fourth-order valence-electron chi connectivity index (χ4n) is 5.88. The lowest BCUT2D eigenvalue weighted by Gasteiger charge is -2.36. The predicted octanol–water partition coefficient (Wildman–Crippen LogP) is 5.89. The smallest absolute Gasteiger partial charge is 0.337 e. The molecule has 1 saturated carbocycles. The third-order valence-corrected chi connectivity index (χ3v) is 7.88. The fourth-order valence-corrected chi connectivity index (χ4v) is 6.06. The number of carbonyl (C=O) groups excluding carboxylic acids is 2. The maximum atomic E-state index is 13.8. The van der Waals surface area contributed by atoms with E-state index in [0.29, 0.717) is 39.4 Å². The van der Waals surface area contributed by atoms with Crippen LogP contribution >= 0.6 is 11.6 Å². The van der Waals surface area contributed by atoms with Crippen molar-refractivity contribution in [2.75, 3.05) is 0 Å². The van der Waals surface area contributed by atoms with Crippen LogP contribution in [0.25, 0.3) is 11.0 Å². The SMILES string of the molecule is CC1=C(C(=O)OC2CCCC2)[C@@H](c2coc3ccc(Cl)cc3c2=O)C2=C(C[C@@H](c3ccco3)CC2=O)N1. The van der Waals surface area contributed by atoms with Crippen LogP contribution in [-0.4, -0.2) is 17.9 Å². The highest BCUT2D eigenvalue weighted by Crippen LogP contribution is 2.45. The molecule has 1 N–H and O–H groups in total. The average Bonchev–Trinajstić information content (AvgIpc) is 3.58. The number of nitrogens with one attached hydrogen (secondary N) is 1. The molecule has 37 heavy (non-hydrogen) atoms. The van der Waals surface area contributed by atoms with Gasteiger partial charge in [0.15, 0.2) is 11.2 Å². The number of ether oxygens (including phenoxy) is 1. The zero-order chi connectivity index (χ0) is 25.7. The summed E-state index contributed by atoms with van der Waals surface area (Å²) in [5.74, 6) is -0.980. The largest absolute Gasteiger partial charge is 0.469 e. The highest BCUT2D eigenvalue weighted by atomic mass is 35.5. The van der Waals surface area contributed by atoms with E-state index in [9.17, 15) is 14.4 Å². The van der Waals surface area contributed by atoms with Gasteiger partial charge in [-0.15, -0.1) is 0 Å². The summed E-state index contributed by atoms with van der Waals surface area (Å²) < 4.78 is 17.3. The molecule has 3 aromatic rings. The van der Waals surface area contributed by atoms with Gasteiger partial charge in [0.1, 0.15) is 17.4 Å². The Morgan fingerprint density at radius 3 is 2.68 bits per heavy atom. The quantitative estimate of drug-likeness (QED) is 0.429. The van der Waals surface area contributed by atoms with Crippen molar-refractivity contribution in [1.82, 2.24) is 5.32 Å². The first-order valence-corrected chi connectivity index (χ1v) is 13.0. The van der Waals surface area contributed by atoms with Gasteiger partial charge in [0.05, 0.1) is 29.4 Å². The monoisotopic (exact) mass is 519 g/mol. The molecule has 2 aliphatic carbocycles. The summed E-state index contributed by atoms with van der Waals surface area (Å²) in [5.41, 5.74) is 2.18. The standard InChI is InChI=1S/C29H26ClNO6/c1-15-25(29(34)37-18-5-2-3-6-18)26(20-14-36-24-9-8-17(30)13-19(24)28(20)33)27-21(31-15)11-16(12-22(27)32)23-7-4-10-35-23/h4,7-10,13-14,16,18,26,31H,2-3,5-6,11-12H2,1H3/t16-,26-/m1/s1. The molecular formula is C29H26ClNO6. The number of furan rings is 1. The van der Waals surface area contributed by atoms with Crippen molar-refractivity contribution < 1.29 is 23.2 Å². The molecule has 0 amide bonds. The minimum atomic E-state index is -0.908. The second kappa shape index (κ2) is 9.38. The van der Waals surface area contributed by atoms with Gasteiger partial charge in [-0.3, -0.25) is 9.59 Å². The maximum absolute atomic E-state index is 13.8. The van der Waals surface area contributed by atoms with Gasteiger partial charge in [-0.1, -0.05) is 11.6 Å². The van der Waals surface area contributed by atoms with Crippen molar-refractivity contribution in [3.8, 4) is 0 Å². The number of dihydropyridines is 1. The second-order valence-electron chi connectivity index (χ2n) is 10.0. The summed E-state index contributed by atoms with van der Waals surface area (Å²) >= 11 is 6.18. The molecule has 3 heterocycles. The Bertz CT molecular complexity index is 1520. The Labute approximate surface area is 218 Å². The lowest BCUT2D eigenvalue weighted by molar-refractivity contribution is -0.144. The van der Waals surface area contributed by atoms with Gasteiger partial charge in [-0.25, -0.2) is 4.79 Å². The number of hydrogen-bond donors (Lipinski definition) is 1. The van der Waals surface area contributed by atoms with Crippen LogP contribution in [0.5, 0.6) is 0 Å². The first kappa shape index (κ1) is 23.8. The van der Waals surface area contributed by atoms with Crippen LogP contribution < -0.4 is 10.7 Å². The van der Waals surface area contributed by atoms with Crippen LogP contribution in [0.2, 0.25) is 5.02 Å². The first-order valence-electron chi connectivity index (χ1n) is 12.6. The molecule has 3 aliphatic rings. The number of ketones is 1. The number of esters is 1. The van der Waals surface area contributed by atoms with Crippen LogP contribution in [0.15, 0.2) is 79.0 Å². The van der Waals surface area contributed by atoms with Gasteiger partial charge in [0.2, 0.25) is 0 Å². The predicted molar refractivity (Wildman–Crippen MR) is 137 cm³/mol. The summed E-state index contributed by atoms with van der Waals surface area (Å²) in [5, 5.41) is 3.99. The number of hydrogen-bond acceptors (Lipinski definition) is 7. The second-order valence-corrected chi connectivity index (χ2v) is 10.4. The summed E-state index contributed by atoms with van der Waals surface area (Å²) in [6.45, 7) is 1.78. The molecule has 8 heteroatoms. The minimum Gasteiger partial charge on any atom is -0.469 e. The third kappa shape index (κ3) is 4.21. The molecule has 0 bridgehead atoms. The average molecular weight is 520 g/mol. The Hall–Kier alpha value is -3.58. The van der Waals surface area contributed by atoms with E-state index >= 15 is 0 Å².